The summed E-state index contributed by atoms with van der Waals surface area (Å²) in [5.74, 6) is 0.652. The highest BCUT2D eigenvalue weighted by Gasteiger charge is 2.14. The quantitative estimate of drug-likeness (QED) is 0.680. The maximum Gasteiger partial charge on any atom is 0.123 e. The van der Waals surface area contributed by atoms with E-state index in [2.05, 4.69) is 0 Å². The van der Waals surface area contributed by atoms with E-state index in [0.29, 0.717) is 6.10 Å². The van der Waals surface area contributed by atoms with Gasteiger partial charge in [-0.1, -0.05) is 12.8 Å². The average molecular weight is 222 g/mol. The highest BCUT2D eigenvalue weighted by Crippen LogP contribution is 2.25. The lowest BCUT2D eigenvalue weighted by atomic mass is 10.1. The molecule has 0 radical (unpaired) electrons. The normalized spacial score (nSPS) is 18.1. The molecule has 0 heterocycles. The lowest BCUT2D eigenvalue weighted by Gasteiger charge is -2.18. The molecule has 1 saturated carbocycles. The van der Waals surface area contributed by atoms with Crippen LogP contribution in [-0.4, -0.2) is 6.10 Å². The molecule has 0 amide bonds. The molecule has 1 aliphatic rings. The van der Waals surface area contributed by atoms with E-state index in [9.17, 15) is 4.39 Å². The van der Waals surface area contributed by atoms with Gasteiger partial charge in [0, 0.05) is 0 Å². The summed E-state index contributed by atoms with van der Waals surface area (Å²) < 4.78 is 18.9. The van der Waals surface area contributed by atoms with Crippen molar-refractivity contribution in [3.05, 3.63) is 29.6 Å². The summed E-state index contributed by atoms with van der Waals surface area (Å²) >= 11 is 0. The second-order valence-electron chi connectivity index (χ2n) is 4.64. The molecule has 0 spiro atoms. The summed E-state index contributed by atoms with van der Waals surface area (Å²) in [6.45, 7) is 1.90. The Hall–Kier alpha value is -1.05. The molecule has 1 aromatic carbocycles. The minimum atomic E-state index is -0.189. The molecule has 16 heavy (non-hydrogen) atoms. The van der Waals surface area contributed by atoms with Crippen LogP contribution in [0, 0.1) is 12.7 Å². The SMILES string of the molecule is Cc1cc(F)ccc1OC1CCCCCC1. The number of benzene rings is 1. The summed E-state index contributed by atoms with van der Waals surface area (Å²) in [5.41, 5.74) is 0.893. The van der Waals surface area contributed by atoms with Gasteiger partial charge in [-0.15, -0.1) is 0 Å². The van der Waals surface area contributed by atoms with E-state index in [1.807, 2.05) is 6.92 Å². The predicted molar refractivity (Wildman–Crippen MR) is 63.3 cm³/mol. The summed E-state index contributed by atoms with van der Waals surface area (Å²) in [6, 6.07) is 4.75. The summed E-state index contributed by atoms with van der Waals surface area (Å²) in [4.78, 5) is 0. The molecular formula is C14H19FO. The van der Waals surface area contributed by atoms with Crippen molar-refractivity contribution in [2.45, 2.75) is 51.6 Å². The van der Waals surface area contributed by atoms with Crippen molar-refractivity contribution in [2.24, 2.45) is 0 Å². The fourth-order valence-electron chi connectivity index (χ4n) is 2.28. The van der Waals surface area contributed by atoms with Gasteiger partial charge < -0.3 is 4.74 Å². The van der Waals surface area contributed by atoms with Crippen molar-refractivity contribution in [3.63, 3.8) is 0 Å². The Morgan fingerprint density at radius 2 is 1.81 bits per heavy atom. The number of hydrogen-bond donors (Lipinski definition) is 0. The third-order valence-electron chi connectivity index (χ3n) is 3.23. The van der Waals surface area contributed by atoms with E-state index < -0.39 is 0 Å². The fraction of sp³-hybridized carbons (Fsp3) is 0.571. The van der Waals surface area contributed by atoms with Gasteiger partial charge >= 0.3 is 0 Å². The van der Waals surface area contributed by atoms with Gasteiger partial charge in [-0.25, -0.2) is 4.39 Å². The van der Waals surface area contributed by atoms with Gasteiger partial charge in [-0.3, -0.25) is 0 Å². The second-order valence-corrected chi connectivity index (χ2v) is 4.64. The largest absolute Gasteiger partial charge is 0.490 e. The minimum Gasteiger partial charge on any atom is -0.490 e. The summed E-state index contributed by atoms with van der Waals surface area (Å²) in [5, 5.41) is 0. The zero-order valence-corrected chi connectivity index (χ0v) is 9.84. The predicted octanol–water partition coefficient (Wildman–Crippen LogP) is 4.24. The molecule has 1 nitrogen and oxygen atoms in total. The van der Waals surface area contributed by atoms with E-state index in [1.54, 1.807) is 6.07 Å². The smallest absolute Gasteiger partial charge is 0.123 e. The van der Waals surface area contributed by atoms with Crippen LogP contribution in [0.25, 0.3) is 0 Å². The number of hydrogen-bond acceptors (Lipinski definition) is 1. The van der Waals surface area contributed by atoms with Gasteiger partial charge in [-0.05, 0) is 56.4 Å². The molecule has 0 aromatic heterocycles. The number of rotatable bonds is 2. The van der Waals surface area contributed by atoms with E-state index in [1.165, 1.54) is 37.8 Å². The Balaban J connectivity index is 2.01. The maximum atomic E-state index is 12.9. The van der Waals surface area contributed by atoms with E-state index in [-0.39, 0.29) is 5.82 Å². The first-order valence-corrected chi connectivity index (χ1v) is 6.18. The van der Waals surface area contributed by atoms with Crippen molar-refractivity contribution in [3.8, 4) is 5.75 Å². The van der Waals surface area contributed by atoms with Crippen LogP contribution in [0.3, 0.4) is 0 Å². The van der Waals surface area contributed by atoms with Crippen LogP contribution in [0.5, 0.6) is 5.75 Å². The number of aryl methyl sites for hydroxylation is 1. The molecule has 1 aliphatic carbocycles. The highest BCUT2D eigenvalue weighted by molar-refractivity contribution is 5.32. The zero-order chi connectivity index (χ0) is 11.4. The molecule has 0 unspecified atom stereocenters. The van der Waals surface area contributed by atoms with E-state index in [4.69, 9.17) is 4.74 Å². The molecule has 0 aliphatic heterocycles. The lowest BCUT2D eigenvalue weighted by Crippen LogP contribution is -2.15. The molecule has 1 fully saturated rings. The van der Waals surface area contributed by atoms with Crippen LogP contribution >= 0.6 is 0 Å². The first-order chi connectivity index (χ1) is 7.75. The molecule has 0 N–H and O–H groups in total. The molecule has 2 rings (SSSR count). The molecule has 0 atom stereocenters. The van der Waals surface area contributed by atoms with Gasteiger partial charge in [0.15, 0.2) is 0 Å². The zero-order valence-electron chi connectivity index (χ0n) is 9.84. The molecule has 2 heteroatoms. The van der Waals surface area contributed by atoms with E-state index in [0.717, 1.165) is 24.2 Å². The van der Waals surface area contributed by atoms with Crippen LogP contribution in [0.2, 0.25) is 0 Å². The monoisotopic (exact) mass is 222 g/mol. The van der Waals surface area contributed by atoms with Crippen molar-refractivity contribution in [1.29, 1.82) is 0 Å². The van der Waals surface area contributed by atoms with Crippen molar-refractivity contribution in [1.82, 2.24) is 0 Å². The van der Waals surface area contributed by atoms with Gasteiger partial charge in [-0.2, -0.15) is 0 Å². The van der Waals surface area contributed by atoms with Crippen molar-refractivity contribution >= 4 is 0 Å². The Morgan fingerprint density at radius 3 is 2.44 bits per heavy atom. The van der Waals surface area contributed by atoms with E-state index >= 15 is 0 Å². The van der Waals surface area contributed by atoms with Gasteiger partial charge in [0.1, 0.15) is 11.6 Å². The van der Waals surface area contributed by atoms with Crippen molar-refractivity contribution < 1.29 is 9.13 Å². The van der Waals surface area contributed by atoms with Crippen LogP contribution in [0.4, 0.5) is 4.39 Å². The Kier molecular flexibility index (Phi) is 3.81. The number of ether oxygens (including phenoxy) is 1. The maximum absolute atomic E-state index is 12.9. The van der Waals surface area contributed by atoms with Crippen LogP contribution in [-0.2, 0) is 0 Å². The van der Waals surface area contributed by atoms with Crippen LogP contribution < -0.4 is 4.74 Å². The molecular weight excluding hydrogens is 203 g/mol. The summed E-state index contributed by atoms with van der Waals surface area (Å²) in [7, 11) is 0. The van der Waals surface area contributed by atoms with Gasteiger partial charge in [0.2, 0.25) is 0 Å². The standard InChI is InChI=1S/C14H19FO/c1-11-10-12(15)8-9-14(11)16-13-6-4-2-3-5-7-13/h8-10,13H,2-7H2,1H3. The Labute approximate surface area is 96.6 Å². The highest BCUT2D eigenvalue weighted by atomic mass is 19.1. The topological polar surface area (TPSA) is 9.23 Å². The first-order valence-electron chi connectivity index (χ1n) is 6.18. The molecule has 0 bridgehead atoms. The molecule has 0 saturated heterocycles. The lowest BCUT2D eigenvalue weighted by molar-refractivity contribution is 0.182. The Morgan fingerprint density at radius 1 is 1.12 bits per heavy atom. The summed E-state index contributed by atoms with van der Waals surface area (Å²) in [6.07, 6.45) is 7.75. The fourth-order valence-corrected chi connectivity index (χ4v) is 2.28. The van der Waals surface area contributed by atoms with Gasteiger partial charge in [0.25, 0.3) is 0 Å². The second kappa shape index (κ2) is 5.33. The van der Waals surface area contributed by atoms with Crippen LogP contribution in [0.1, 0.15) is 44.1 Å². The van der Waals surface area contributed by atoms with Crippen LogP contribution in [0.15, 0.2) is 18.2 Å². The molecule has 1 aromatic rings. The van der Waals surface area contributed by atoms with Gasteiger partial charge in [0.05, 0.1) is 6.10 Å². The minimum absolute atomic E-state index is 0.189. The third-order valence-corrected chi connectivity index (χ3v) is 3.23. The Bertz CT molecular complexity index is 341. The average Bonchev–Trinajstić information content (AvgIpc) is 2.51. The molecule has 88 valence electrons. The number of halogens is 1. The van der Waals surface area contributed by atoms with Crippen molar-refractivity contribution in [2.75, 3.05) is 0 Å². The first kappa shape index (κ1) is 11.4. The third kappa shape index (κ3) is 2.97.